The number of rotatable bonds is 5. The van der Waals surface area contributed by atoms with Crippen LogP contribution in [0.25, 0.3) is 10.9 Å². The second kappa shape index (κ2) is 7.75. The van der Waals surface area contributed by atoms with Crippen molar-refractivity contribution in [1.82, 2.24) is 15.0 Å². The van der Waals surface area contributed by atoms with Crippen molar-refractivity contribution in [3.8, 4) is 0 Å². The highest BCUT2D eigenvalue weighted by Gasteiger charge is 2.22. The maximum atomic E-state index is 11.9. The molecule has 1 aliphatic rings. The second-order valence-electron chi connectivity index (χ2n) is 6.96. The molecule has 0 saturated carbocycles. The number of carbonyl (C=O) groups is 1. The van der Waals surface area contributed by atoms with Crippen LogP contribution < -0.4 is 14.5 Å². The minimum atomic E-state index is -3.47. The highest BCUT2D eigenvalue weighted by molar-refractivity contribution is 7.92. The Labute approximate surface area is 173 Å². The fraction of sp³-hybridized carbons (Fsp3) is 0.263. The summed E-state index contributed by atoms with van der Waals surface area (Å²) in [5, 5.41) is 10.1. The van der Waals surface area contributed by atoms with E-state index in [1.165, 1.54) is 12.1 Å². The van der Waals surface area contributed by atoms with E-state index >= 15 is 0 Å². The highest BCUT2D eigenvalue weighted by atomic mass is 32.2. The zero-order valence-corrected chi connectivity index (χ0v) is 17.0. The number of benzene rings is 1. The van der Waals surface area contributed by atoms with E-state index in [9.17, 15) is 18.3 Å². The summed E-state index contributed by atoms with van der Waals surface area (Å²) in [6.07, 6.45) is 4.44. The Bertz CT molecular complexity index is 1190. The van der Waals surface area contributed by atoms with Gasteiger partial charge in [0.1, 0.15) is 5.82 Å². The first-order chi connectivity index (χ1) is 14.3. The lowest BCUT2D eigenvalue weighted by molar-refractivity contribution is 0.0699. The number of sulfonamides is 1. The lowest BCUT2D eigenvalue weighted by Crippen LogP contribution is -2.47. The van der Waals surface area contributed by atoms with Crippen molar-refractivity contribution in [1.29, 1.82) is 0 Å². The average Bonchev–Trinajstić information content (AvgIpc) is 2.72. The first-order valence-corrected chi connectivity index (χ1v) is 11.1. The van der Waals surface area contributed by atoms with Crippen molar-refractivity contribution in [2.45, 2.75) is 0 Å². The molecule has 4 rings (SSSR count). The number of carboxylic acids is 1. The SMILES string of the molecule is CS(=O)(=O)Nc1ccc2nc(N3CCN(c4ncccn4)CC3)cc(C(=O)O)c2c1. The van der Waals surface area contributed by atoms with Crippen molar-refractivity contribution in [2.24, 2.45) is 0 Å². The van der Waals surface area contributed by atoms with Gasteiger partial charge in [-0.2, -0.15) is 0 Å². The third-order valence-electron chi connectivity index (χ3n) is 4.77. The number of hydrogen-bond donors (Lipinski definition) is 2. The zero-order valence-electron chi connectivity index (χ0n) is 16.2. The van der Waals surface area contributed by atoms with Gasteiger partial charge in [0.2, 0.25) is 16.0 Å². The summed E-state index contributed by atoms with van der Waals surface area (Å²) in [6, 6.07) is 7.97. The molecule has 10 nitrogen and oxygen atoms in total. The molecule has 0 radical (unpaired) electrons. The molecule has 30 heavy (non-hydrogen) atoms. The Morgan fingerprint density at radius 3 is 2.37 bits per heavy atom. The minimum Gasteiger partial charge on any atom is -0.478 e. The number of aromatic nitrogens is 3. The van der Waals surface area contributed by atoms with E-state index in [4.69, 9.17) is 0 Å². The van der Waals surface area contributed by atoms with E-state index in [1.807, 2.05) is 4.90 Å². The van der Waals surface area contributed by atoms with Gasteiger partial charge in [-0.3, -0.25) is 4.72 Å². The summed E-state index contributed by atoms with van der Waals surface area (Å²) in [5.41, 5.74) is 0.845. The summed E-state index contributed by atoms with van der Waals surface area (Å²) in [6.45, 7) is 2.65. The molecular weight excluding hydrogens is 408 g/mol. The molecule has 2 aromatic heterocycles. The Morgan fingerprint density at radius 2 is 1.73 bits per heavy atom. The summed E-state index contributed by atoms with van der Waals surface area (Å²) in [5.74, 6) is 0.134. The third kappa shape index (κ3) is 4.25. The van der Waals surface area contributed by atoms with Crippen LogP contribution in [0.3, 0.4) is 0 Å². The van der Waals surface area contributed by atoms with Gasteiger partial charge >= 0.3 is 5.97 Å². The van der Waals surface area contributed by atoms with Gasteiger partial charge in [-0.1, -0.05) is 0 Å². The van der Waals surface area contributed by atoms with Gasteiger partial charge in [-0.15, -0.1) is 0 Å². The first kappa shape index (κ1) is 19.8. The molecule has 3 heterocycles. The number of fused-ring (bicyclic) bond motifs is 1. The lowest BCUT2D eigenvalue weighted by atomic mass is 10.1. The molecule has 0 unspecified atom stereocenters. The van der Waals surface area contributed by atoms with Gasteiger partial charge < -0.3 is 14.9 Å². The smallest absolute Gasteiger partial charge is 0.336 e. The van der Waals surface area contributed by atoms with Crippen LogP contribution in [0.2, 0.25) is 0 Å². The number of pyridine rings is 1. The van der Waals surface area contributed by atoms with Gasteiger partial charge in [-0.25, -0.2) is 28.2 Å². The van der Waals surface area contributed by atoms with Crippen LogP contribution in [0.4, 0.5) is 17.5 Å². The van der Waals surface area contributed by atoms with Crippen molar-refractivity contribution in [3.05, 3.63) is 48.3 Å². The predicted octanol–water partition coefficient (Wildman–Crippen LogP) is 1.42. The maximum absolute atomic E-state index is 11.9. The van der Waals surface area contributed by atoms with Crippen molar-refractivity contribution >= 4 is 44.3 Å². The van der Waals surface area contributed by atoms with Crippen molar-refractivity contribution in [3.63, 3.8) is 0 Å². The molecule has 156 valence electrons. The molecule has 0 spiro atoms. The maximum Gasteiger partial charge on any atom is 0.336 e. The van der Waals surface area contributed by atoms with Gasteiger partial charge in [0, 0.05) is 49.6 Å². The Balaban J connectivity index is 1.62. The summed E-state index contributed by atoms with van der Waals surface area (Å²) >= 11 is 0. The van der Waals surface area contributed by atoms with Gasteiger partial charge in [0.25, 0.3) is 0 Å². The van der Waals surface area contributed by atoms with Crippen LogP contribution in [-0.2, 0) is 10.0 Å². The average molecular weight is 428 g/mol. The Morgan fingerprint density at radius 1 is 1.07 bits per heavy atom. The number of hydrogen-bond acceptors (Lipinski definition) is 8. The second-order valence-corrected chi connectivity index (χ2v) is 8.71. The monoisotopic (exact) mass is 428 g/mol. The molecule has 0 bridgehead atoms. The molecule has 3 aromatic rings. The quantitative estimate of drug-likeness (QED) is 0.620. The van der Waals surface area contributed by atoms with Gasteiger partial charge in [0.15, 0.2) is 0 Å². The molecule has 0 aliphatic carbocycles. The molecule has 11 heteroatoms. The summed E-state index contributed by atoms with van der Waals surface area (Å²) in [4.78, 5) is 29.1. The van der Waals surface area contributed by atoms with Gasteiger partial charge in [-0.05, 0) is 30.3 Å². The number of piperazine rings is 1. The number of aromatic carboxylic acids is 1. The van der Waals surface area contributed by atoms with Crippen LogP contribution >= 0.6 is 0 Å². The fourth-order valence-corrected chi connectivity index (χ4v) is 3.97. The van der Waals surface area contributed by atoms with Crippen molar-refractivity contribution < 1.29 is 18.3 Å². The topological polar surface area (TPSA) is 129 Å². The van der Waals surface area contributed by atoms with Crippen LogP contribution in [0, 0.1) is 0 Å². The molecule has 2 N–H and O–H groups in total. The molecule has 1 fully saturated rings. The summed E-state index contributed by atoms with van der Waals surface area (Å²) in [7, 11) is -3.47. The Hall–Kier alpha value is -3.47. The van der Waals surface area contributed by atoms with Crippen LogP contribution in [-0.4, -0.2) is 66.9 Å². The largest absolute Gasteiger partial charge is 0.478 e. The van der Waals surface area contributed by atoms with Crippen LogP contribution in [0.5, 0.6) is 0 Å². The number of carboxylic acid groups (broad SMARTS) is 1. The lowest BCUT2D eigenvalue weighted by Gasteiger charge is -2.35. The Kier molecular flexibility index (Phi) is 5.12. The van der Waals surface area contributed by atoms with Gasteiger partial charge in [0.05, 0.1) is 17.3 Å². The van der Waals surface area contributed by atoms with E-state index in [1.54, 1.807) is 30.6 Å². The van der Waals surface area contributed by atoms with Crippen LogP contribution in [0.1, 0.15) is 10.4 Å². The first-order valence-electron chi connectivity index (χ1n) is 9.23. The number of nitrogens with zero attached hydrogens (tertiary/aromatic N) is 5. The van der Waals surface area contributed by atoms with E-state index in [0.717, 1.165) is 6.26 Å². The standard InChI is InChI=1S/C19H20N6O4S/c1-30(28,29)23-13-3-4-16-14(11-13)15(18(26)27)12-17(22-16)24-7-9-25(10-8-24)19-20-5-2-6-21-19/h2-6,11-12,23H,7-10H2,1H3,(H,26,27). The van der Waals surface area contributed by atoms with E-state index < -0.39 is 16.0 Å². The molecular formula is C19H20N6O4S. The van der Waals surface area contributed by atoms with E-state index in [2.05, 4.69) is 24.6 Å². The number of anilines is 3. The highest BCUT2D eigenvalue weighted by Crippen LogP contribution is 2.27. The zero-order chi connectivity index (χ0) is 21.3. The number of nitrogens with one attached hydrogen (secondary N) is 1. The molecule has 1 aliphatic heterocycles. The fourth-order valence-electron chi connectivity index (χ4n) is 3.42. The summed E-state index contributed by atoms with van der Waals surface area (Å²) < 4.78 is 25.3. The molecule has 0 atom stereocenters. The van der Waals surface area contributed by atoms with E-state index in [-0.39, 0.29) is 5.56 Å². The van der Waals surface area contributed by atoms with Crippen LogP contribution in [0.15, 0.2) is 42.7 Å². The minimum absolute atomic E-state index is 0.0703. The molecule has 1 aromatic carbocycles. The molecule has 1 saturated heterocycles. The predicted molar refractivity (Wildman–Crippen MR) is 114 cm³/mol. The van der Waals surface area contributed by atoms with Crippen molar-refractivity contribution in [2.75, 3.05) is 47.0 Å². The third-order valence-corrected chi connectivity index (χ3v) is 5.37. The molecule has 0 amide bonds. The van der Waals surface area contributed by atoms with E-state index in [0.29, 0.717) is 54.5 Å². The normalized spacial score (nSPS) is 14.7.